The summed E-state index contributed by atoms with van der Waals surface area (Å²) in [5.74, 6) is 0.969. The number of likely N-dealkylation sites (N-methyl/N-ethyl adjacent to an activating group) is 1. The molecule has 0 radical (unpaired) electrons. The molecule has 138 valence electrons. The molecule has 3 heterocycles. The Hall–Kier alpha value is -2.37. The predicted octanol–water partition coefficient (Wildman–Crippen LogP) is 3.73. The molecule has 1 fully saturated rings. The molecule has 5 nitrogen and oxygen atoms in total. The molecule has 0 atom stereocenters. The van der Waals surface area contributed by atoms with Gasteiger partial charge in [-0.1, -0.05) is 17.7 Å². The number of halogens is 1. The lowest BCUT2D eigenvalue weighted by atomic mass is 10.1. The average molecular weight is 380 g/mol. The lowest BCUT2D eigenvalue weighted by molar-refractivity contribution is 0.313. The zero-order valence-corrected chi connectivity index (χ0v) is 16.2. The number of nitrogens with zero attached hydrogens (tertiary/aromatic N) is 5. The highest BCUT2D eigenvalue weighted by molar-refractivity contribution is 6.31. The fourth-order valence-corrected chi connectivity index (χ4v) is 4.25. The van der Waals surface area contributed by atoms with Gasteiger partial charge in [-0.3, -0.25) is 0 Å². The fraction of sp³-hybridized carbons (Fsp3) is 0.333. The average Bonchev–Trinajstić information content (AvgIpc) is 3.10. The number of hydrogen-bond donors (Lipinski definition) is 0. The van der Waals surface area contributed by atoms with Crippen LogP contribution in [-0.4, -0.2) is 54.6 Å². The molecule has 0 unspecified atom stereocenters. The minimum Gasteiger partial charge on any atom is -0.369 e. The Bertz CT molecular complexity index is 997. The Morgan fingerprint density at radius 3 is 2.63 bits per heavy atom. The maximum atomic E-state index is 6.26. The van der Waals surface area contributed by atoms with Crippen molar-refractivity contribution in [2.45, 2.75) is 6.42 Å². The maximum absolute atomic E-state index is 6.26. The van der Waals surface area contributed by atoms with E-state index in [2.05, 4.69) is 56.0 Å². The summed E-state index contributed by atoms with van der Waals surface area (Å²) in [5.41, 5.74) is 4.71. The van der Waals surface area contributed by atoms with Crippen molar-refractivity contribution in [1.82, 2.24) is 14.9 Å². The predicted molar refractivity (Wildman–Crippen MR) is 111 cm³/mol. The SMILES string of the molecule is CN1CCN(c2ccc3ncnc(N4CCc5ccc(Cl)cc54)c3c2)CC1. The van der Waals surface area contributed by atoms with Crippen LogP contribution >= 0.6 is 11.6 Å². The Morgan fingerprint density at radius 1 is 0.926 bits per heavy atom. The fourth-order valence-electron chi connectivity index (χ4n) is 4.08. The summed E-state index contributed by atoms with van der Waals surface area (Å²) in [7, 11) is 2.18. The van der Waals surface area contributed by atoms with Crippen LogP contribution in [0.1, 0.15) is 5.56 Å². The molecule has 0 amide bonds. The molecule has 1 aromatic heterocycles. The van der Waals surface area contributed by atoms with Gasteiger partial charge in [-0.05, 0) is 49.4 Å². The standard InChI is InChI=1S/C21H22ClN5/c1-25-8-10-26(11-9-25)17-4-5-19-18(13-17)21(24-14-23-19)27-7-6-15-2-3-16(22)12-20(15)27/h2-5,12-14H,6-11H2,1H3. The van der Waals surface area contributed by atoms with E-state index in [0.29, 0.717) is 0 Å². The quantitative estimate of drug-likeness (QED) is 0.678. The lowest BCUT2D eigenvalue weighted by Crippen LogP contribution is -2.44. The summed E-state index contributed by atoms with van der Waals surface area (Å²) in [4.78, 5) is 16.3. The van der Waals surface area contributed by atoms with Crippen LogP contribution in [-0.2, 0) is 6.42 Å². The highest BCUT2D eigenvalue weighted by Gasteiger charge is 2.24. The van der Waals surface area contributed by atoms with Gasteiger partial charge in [0.2, 0.25) is 0 Å². The van der Waals surface area contributed by atoms with Gasteiger partial charge < -0.3 is 14.7 Å². The third kappa shape index (κ3) is 3.01. The third-order valence-electron chi connectivity index (χ3n) is 5.66. The minimum absolute atomic E-state index is 0.761. The molecular weight excluding hydrogens is 358 g/mol. The Labute approximate surface area is 164 Å². The van der Waals surface area contributed by atoms with Gasteiger partial charge in [0.25, 0.3) is 0 Å². The van der Waals surface area contributed by atoms with Crippen LogP contribution in [0, 0.1) is 0 Å². The molecule has 0 saturated carbocycles. The van der Waals surface area contributed by atoms with E-state index in [4.69, 9.17) is 11.6 Å². The second kappa shape index (κ2) is 6.66. The number of rotatable bonds is 2. The monoisotopic (exact) mass is 379 g/mol. The first-order valence-corrected chi connectivity index (χ1v) is 9.81. The molecule has 27 heavy (non-hydrogen) atoms. The molecule has 2 aromatic carbocycles. The molecule has 2 aliphatic rings. The van der Waals surface area contributed by atoms with E-state index in [0.717, 1.165) is 66.6 Å². The molecule has 1 saturated heterocycles. The third-order valence-corrected chi connectivity index (χ3v) is 5.90. The van der Waals surface area contributed by atoms with E-state index in [-0.39, 0.29) is 0 Å². The number of fused-ring (bicyclic) bond motifs is 2. The lowest BCUT2D eigenvalue weighted by Gasteiger charge is -2.34. The van der Waals surface area contributed by atoms with E-state index in [1.165, 1.54) is 11.3 Å². The van der Waals surface area contributed by atoms with E-state index in [1.807, 2.05) is 12.1 Å². The van der Waals surface area contributed by atoms with Crippen LogP contribution in [0.3, 0.4) is 0 Å². The van der Waals surface area contributed by atoms with Crippen molar-refractivity contribution < 1.29 is 0 Å². The van der Waals surface area contributed by atoms with Gasteiger partial charge >= 0.3 is 0 Å². The molecule has 5 rings (SSSR count). The molecule has 2 aliphatic heterocycles. The second-order valence-electron chi connectivity index (χ2n) is 7.36. The van der Waals surface area contributed by atoms with E-state index < -0.39 is 0 Å². The first kappa shape index (κ1) is 16.8. The van der Waals surface area contributed by atoms with Gasteiger partial charge in [-0.2, -0.15) is 0 Å². The summed E-state index contributed by atoms with van der Waals surface area (Å²) in [6, 6.07) is 12.7. The molecule has 0 aliphatic carbocycles. The Morgan fingerprint density at radius 2 is 1.78 bits per heavy atom. The zero-order valence-electron chi connectivity index (χ0n) is 15.4. The number of aromatic nitrogens is 2. The largest absolute Gasteiger partial charge is 0.369 e. The molecule has 0 spiro atoms. The number of benzene rings is 2. The van der Waals surface area contributed by atoms with Gasteiger partial charge in [-0.15, -0.1) is 0 Å². The van der Waals surface area contributed by atoms with E-state index in [1.54, 1.807) is 6.33 Å². The van der Waals surface area contributed by atoms with Crippen molar-refractivity contribution in [2.24, 2.45) is 0 Å². The summed E-state index contributed by atoms with van der Waals surface area (Å²) in [6.07, 6.45) is 2.67. The van der Waals surface area contributed by atoms with Gasteiger partial charge in [-0.25, -0.2) is 9.97 Å². The summed E-state index contributed by atoms with van der Waals surface area (Å²) >= 11 is 6.26. The highest BCUT2D eigenvalue weighted by Crippen LogP contribution is 2.38. The van der Waals surface area contributed by atoms with Crippen LogP contribution in [0.4, 0.5) is 17.2 Å². The van der Waals surface area contributed by atoms with Gasteiger partial charge in [0.15, 0.2) is 0 Å². The molecule has 0 N–H and O–H groups in total. The minimum atomic E-state index is 0.761. The second-order valence-corrected chi connectivity index (χ2v) is 7.80. The topological polar surface area (TPSA) is 35.5 Å². The van der Waals surface area contributed by atoms with E-state index >= 15 is 0 Å². The summed E-state index contributed by atoms with van der Waals surface area (Å²) in [6.45, 7) is 5.20. The number of piperazine rings is 1. The first-order chi connectivity index (χ1) is 13.2. The van der Waals surface area contributed by atoms with Gasteiger partial charge in [0.1, 0.15) is 12.1 Å². The van der Waals surface area contributed by atoms with Crippen molar-refractivity contribution in [2.75, 3.05) is 49.6 Å². The summed E-state index contributed by atoms with van der Waals surface area (Å²) in [5, 5.41) is 1.86. The van der Waals surface area contributed by atoms with Gasteiger partial charge in [0, 0.05) is 54.5 Å². The van der Waals surface area contributed by atoms with Crippen molar-refractivity contribution >= 4 is 39.7 Å². The smallest absolute Gasteiger partial charge is 0.144 e. The molecular formula is C21H22ClN5. The Kier molecular flexibility index (Phi) is 4.14. The number of anilines is 3. The van der Waals surface area contributed by atoms with Crippen LogP contribution in [0.15, 0.2) is 42.7 Å². The normalized spacial score (nSPS) is 17.6. The van der Waals surface area contributed by atoms with Gasteiger partial charge in [0.05, 0.1) is 5.52 Å². The van der Waals surface area contributed by atoms with Crippen LogP contribution in [0.2, 0.25) is 5.02 Å². The van der Waals surface area contributed by atoms with Crippen molar-refractivity contribution in [3.8, 4) is 0 Å². The van der Waals surface area contributed by atoms with Crippen LogP contribution in [0.5, 0.6) is 0 Å². The molecule has 3 aromatic rings. The summed E-state index contributed by atoms with van der Waals surface area (Å²) < 4.78 is 0. The van der Waals surface area contributed by atoms with Crippen molar-refractivity contribution in [3.05, 3.63) is 53.3 Å². The first-order valence-electron chi connectivity index (χ1n) is 9.43. The molecule has 0 bridgehead atoms. The number of hydrogen-bond acceptors (Lipinski definition) is 5. The zero-order chi connectivity index (χ0) is 18.4. The maximum Gasteiger partial charge on any atom is 0.144 e. The van der Waals surface area contributed by atoms with Crippen LogP contribution in [0.25, 0.3) is 10.9 Å². The highest BCUT2D eigenvalue weighted by atomic mass is 35.5. The Balaban J connectivity index is 1.58. The molecule has 6 heteroatoms. The van der Waals surface area contributed by atoms with E-state index in [9.17, 15) is 0 Å². The van der Waals surface area contributed by atoms with Crippen molar-refractivity contribution in [1.29, 1.82) is 0 Å². The van der Waals surface area contributed by atoms with Crippen molar-refractivity contribution in [3.63, 3.8) is 0 Å². The van der Waals surface area contributed by atoms with Crippen LogP contribution < -0.4 is 9.80 Å².